The van der Waals surface area contributed by atoms with Gasteiger partial charge in [0, 0.05) is 17.8 Å². The summed E-state index contributed by atoms with van der Waals surface area (Å²) in [5, 5.41) is 3.15. The molecule has 0 radical (unpaired) electrons. The third kappa shape index (κ3) is 3.56. The molecule has 2 nitrogen and oxygen atoms in total. The summed E-state index contributed by atoms with van der Waals surface area (Å²) in [6.07, 6.45) is 0. The molecule has 0 aliphatic rings. The van der Waals surface area contributed by atoms with Gasteiger partial charge < -0.3 is 10.1 Å². The predicted octanol–water partition coefficient (Wildman–Crippen LogP) is 5.14. The highest BCUT2D eigenvalue weighted by Crippen LogP contribution is 2.28. The van der Waals surface area contributed by atoms with Crippen molar-refractivity contribution in [3.8, 4) is 5.75 Å². The van der Waals surface area contributed by atoms with Crippen molar-refractivity contribution in [2.75, 3.05) is 11.9 Å². The van der Waals surface area contributed by atoms with E-state index in [0.29, 0.717) is 18.8 Å². The molecule has 1 N–H and O–H groups in total. The monoisotopic (exact) mass is 313 g/mol. The van der Waals surface area contributed by atoms with Crippen LogP contribution in [0.2, 0.25) is 10.0 Å². The molecule has 0 aliphatic carbocycles. The molecule has 0 heterocycles. The van der Waals surface area contributed by atoms with Crippen LogP contribution in [0.4, 0.5) is 10.1 Å². The van der Waals surface area contributed by atoms with Crippen LogP contribution in [0.5, 0.6) is 5.75 Å². The molecule has 0 saturated carbocycles. The first-order chi connectivity index (χ1) is 9.61. The topological polar surface area (TPSA) is 21.3 Å². The van der Waals surface area contributed by atoms with Gasteiger partial charge in [-0.1, -0.05) is 41.4 Å². The third-order valence-corrected chi connectivity index (χ3v) is 3.29. The number of benzene rings is 2. The quantitative estimate of drug-likeness (QED) is 0.771. The van der Waals surface area contributed by atoms with Crippen LogP contribution in [0.25, 0.3) is 0 Å². The lowest BCUT2D eigenvalue weighted by Gasteiger charge is -2.12. The molecule has 2 aromatic carbocycles. The van der Waals surface area contributed by atoms with E-state index in [1.165, 1.54) is 12.1 Å². The summed E-state index contributed by atoms with van der Waals surface area (Å²) in [5.74, 6) is 0.218. The minimum atomic E-state index is -0.603. The van der Waals surface area contributed by atoms with E-state index < -0.39 is 5.82 Å². The second-order valence-electron chi connectivity index (χ2n) is 4.15. The number of para-hydroxylation sites is 1. The van der Waals surface area contributed by atoms with Gasteiger partial charge in [0.1, 0.15) is 5.75 Å². The highest BCUT2D eigenvalue weighted by molar-refractivity contribution is 6.35. The first kappa shape index (κ1) is 14.9. The molecule has 0 atom stereocenters. The maximum Gasteiger partial charge on any atom is 0.160 e. The fraction of sp³-hybridized carbons (Fsp3) is 0.200. The zero-order valence-corrected chi connectivity index (χ0v) is 12.4. The normalized spacial score (nSPS) is 10.4. The van der Waals surface area contributed by atoms with Crippen LogP contribution in [-0.2, 0) is 6.54 Å². The average Bonchev–Trinajstić information content (AvgIpc) is 2.44. The average molecular weight is 314 g/mol. The van der Waals surface area contributed by atoms with Gasteiger partial charge in [-0.05, 0) is 25.1 Å². The van der Waals surface area contributed by atoms with E-state index in [2.05, 4.69) is 5.32 Å². The molecule has 0 spiro atoms. The van der Waals surface area contributed by atoms with Crippen molar-refractivity contribution in [2.24, 2.45) is 0 Å². The van der Waals surface area contributed by atoms with E-state index in [0.717, 1.165) is 11.3 Å². The minimum Gasteiger partial charge on any atom is -0.494 e. The zero-order chi connectivity index (χ0) is 14.5. The van der Waals surface area contributed by atoms with Crippen molar-refractivity contribution in [3.05, 3.63) is 57.8 Å². The number of anilines is 1. The van der Waals surface area contributed by atoms with Crippen LogP contribution in [0.1, 0.15) is 12.5 Å². The largest absolute Gasteiger partial charge is 0.494 e. The molecule has 2 aromatic rings. The van der Waals surface area contributed by atoms with Crippen molar-refractivity contribution < 1.29 is 9.13 Å². The summed E-state index contributed by atoms with van der Waals surface area (Å²) in [5.41, 5.74) is 1.67. The van der Waals surface area contributed by atoms with Gasteiger partial charge in [-0.2, -0.15) is 0 Å². The number of hydrogen-bond donors (Lipinski definition) is 1. The molecule has 0 unspecified atom stereocenters. The Labute approximate surface area is 127 Å². The minimum absolute atomic E-state index is 0.00177. The molecular weight excluding hydrogens is 300 g/mol. The number of ether oxygens (including phenoxy) is 1. The molecule has 0 bridgehead atoms. The van der Waals surface area contributed by atoms with Gasteiger partial charge in [-0.25, -0.2) is 4.39 Å². The molecular formula is C15H14Cl2FNO. The lowest BCUT2D eigenvalue weighted by molar-refractivity contribution is 0.337. The fourth-order valence-electron chi connectivity index (χ4n) is 1.80. The first-order valence-corrected chi connectivity index (χ1v) is 6.96. The summed E-state index contributed by atoms with van der Waals surface area (Å²) >= 11 is 11.5. The van der Waals surface area contributed by atoms with Crippen molar-refractivity contribution in [1.82, 2.24) is 0 Å². The van der Waals surface area contributed by atoms with E-state index in [4.69, 9.17) is 27.9 Å². The van der Waals surface area contributed by atoms with Crippen LogP contribution in [-0.4, -0.2) is 6.61 Å². The molecule has 0 amide bonds. The van der Waals surface area contributed by atoms with Crippen LogP contribution < -0.4 is 10.1 Å². The van der Waals surface area contributed by atoms with Crippen molar-refractivity contribution in [2.45, 2.75) is 13.5 Å². The number of nitrogens with one attached hydrogen (secondary N) is 1. The van der Waals surface area contributed by atoms with Gasteiger partial charge in [-0.15, -0.1) is 0 Å². The zero-order valence-electron chi connectivity index (χ0n) is 10.9. The van der Waals surface area contributed by atoms with Crippen LogP contribution in [0.3, 0.4) is 0 Å². The number of halogens is 3. The summed E-state index contributed by atoms with van der Waals surface area (Å²) in [7, 11) is 0. The van der Waals surface area contributed by atoms with Crippen molar-refractivity contribution in [3.63, 3.8) is 0 Å². The molecule has 0 fully saturated rings. The SMILES string of the molecule is CCOc1ccccc1CNc1cc(Cl)c(F)c(Cl)c1. The lowest BCUT2D eigenvalue weighted by Crippen LogP contribution is -2.03. The van der Waals surface area contributed by atoms with Crippen LogP contribution in [0, 0.1) is 5.82 Å². The first-order valence-electron chi connectivity index (χ1n) is 6.21. The summed E-state index contributed by atoms with van der Waals surface area (Å²) < 4.78 is 18.9. The maximum absolute atomic E-state index is 13.3. The second-order valence-corrected chi connectivity index (χ2v) is 4.96. The van der Waals surface area contributed by atoms with Gasteiger partial charge >= 0.3 is 0 Å². The maximum atomic E-state index is 13.3. The predicted molar refractivity (Wildman–Crippen MR) is 81.4 cm³/mol. The Bertz CT molecular complexity index is 581. The summed E-state index contributed by atoms with van der Waals surface area (Å²) in [6.45, 7) is 3.07. The van der Waals surface area contributed by atoms with Crippen LogP contribution >= 0.6 is 23.2 Å². The Balaban J connectivity index is 2.13. The molecule has 0 aliphatic heterocycles. The third-order valence-electron chi connectivity index (χ3n) is 2.74. The van der Waals surface area contributed by atoms with E-state index in [9.17, 15) is 4.39 Å². The van der Waals surface area contributed by atoms with Gasteiger partial charge in [0.25, 0.3) is 0 Å². The molecule has 106 valence electrons. The summed E-state index contributed by atoms with van der Waals surface area (Å²) in [4.78, 5) is 0. The van der Waals surface area contributed by atoms with E-state index in [1.807, 2.05) is 31.2 Å². The van der Waals surface area contributed by atoms with Gasteiger partial charge in [0.15, 0.2) is 5.82 Å². The smallest absolute Gasteiger partial charge is 0.160 e. The number of hydrogen-bond acceptors (Lipinski definition) is 2. The molecule has 0 saturated heterocycles. The molecule has 0 aromatic heterocycles. The van der Waals surface area contributed by atoms with Crippen molar-refractivity contribution in [1.29, 1.82) is 0 Å². The highest BCUT2D eigenvalue weighted by atomic mass is 35.5. The Morgan fingerprint density at radius 1 is 1.15 bits per heavy atom. The van der Waals surface area contributed by atoms with Crippen LogP contribution in [0.15, 0.2) is 36.4 Å². The fourth-order valence-corrected chi connectivity index (χ4v) is 2.29. The van der Waals surface area contributed by atoms with Gasteiger partial charge in [-0.3, -0.25) is 0 Å². The Morgan fingerprint density at radius 3 is 2.45 bits per heavy atom. The second kappa shape index (κ2) is 6.82. The van der Waals surface area contributed by atoms with E-state index in [-0.39, 0.29) is 10.0 Å². The Morgan fingerprint density at radius 2 is 1.80 bits per heavy atom. The Hall–Kier alpha value is -1.45. The highest BCUT2D eigenvalue weighted by Gasteiger charge is 2.08. The lowest BCUT2D eigenvalue weighted by atomic mass is 10.2. The number of rotatable bonds is 5. The Kier molecular flexibility index (Phi) is 5.10. The molecule has 5 heteroatoms. The van der Waals surface area contributed by atoms with E-state index in [1.54, 1.807) is 0 Å². The van der Waals surface area contributed by atoms with Gasteiger partial charge in [0.05, 0.1) is 16.7 Å². The van der Waals surface area contributed by atoms with E-state index >= 15 is 0 Å². The molecule has 20 heavy (non-hydrogen) atoms. The van der Waals surface area contributed by atoms with Crippen molar-refractivity contribution >= 4 is 28.9 Å². The van der Waals surface area contributed by atoms with Gasteiger partial charge in [0.2, 0.25) is 0 Å². The summed E-state index contributed by atoms with van der Waals surface area (Å²) in [6, 6.07) is 10.7. The standard InChI is InChI=1S/C15H14Cl2FNO/c1-2-20-14-6-4-3-5-10(14)9-19-11-7-12(16)15(18)13(17)8-11/h3-8,19H,2,9H2,1H3. The molecule has 2 rings (SSSR count).